The zero-order valence-corrected chi connectivity index (χ0v) is 15.4. The molecule has 0 spiro atoms. The number of fused-ring (bicyclic) bond motifs is 4. The van der Waals surface area contributed by atoms with Gasteiger partial charge in [0.25, 0.3) is 0 Å². The van der Waals surface area contributed by atoms with Gasteiger partial charge in [-0.3, -0.25) is 0 Å². The molecule has 3 heterocycles. The molecule has 5 nitrogen and oxygen atoms in total. The SMILES string of the molecule is COc1ccc2c(c1)c(C13OCCN1c1ccccc1C3(F)F)cn2CCO. The predicted octanol–water partition coefficient (Wildman–Crippen LogP) is 3.44. The first-order valence-corrected chi connectivity index (χ1v) is 9.21. The first-order valence-electron chi connectivity index (χ1n) is 9.21. The van der Waals surface area contributed by atoms with Crippen LogP contribution in [0, 0.1) is 0 Å². The molecule has 5 rings (SSSR count). The molecule has 0 radical (unpaired) electrons. The zero-order chi connectivity index (χ0) is 19.5. The summed E-state index contributed by atoms with van der Waals surface area (Å²) in [4.78, 5) is 1.67. The van der Waals surface area contributed by atoms with Gasteiger partial charge in [-0.1, -0.05) is 18.2 Å². The molecule has 3 aromatic rings. The highest BCUT2D eigenvalue weighted by Crippen LogP contribution is 2.62. The van der Waals surface area contributed by atoms with Crippen molar-refractivity contribution in [1.29, 1.82) is 0 Å². The maximum Gasteiger partial charge on any atom is 0.326 e. The third-order valence-electron chi connectivity index (χ3n) is 5.76. The summed E-state index contributed by atoms with van der Waals surface area (Å²) in [6.45, 7) is 0.796. The van der Waals surface area contributed by atoms with Gasteiger partial charge in [-0.2, -0.15) is 8.78 Å². The lowest BCUT2D eigenvalue weighted by atomic mass is 9.93. The fourth-order valence-corrected chi connectivity index (χ4v) is 4.59. The molecule has 1 unspecified atom stereocenters. The molecule has 2 aliphatic rings. The lowest BCUT2D eigenvalue weighted by Gasteiger charge is -2.36. The number of aliphatic hydroxyl groups is 1. The Bertz CT molecular complexity index is 1060. The highest BCUT2D eigenvalue weighted by molar-refractivity contribution is 5.88. The van der Waals surface area contributed by atoms with Gasteiger partial charge in [0, 0.05) is 47.0 Å². The van der Waals surface area contributed by atoms with Gasteiger partial charge in [0.05, 0.1) is 20.3 Å². The van der Waals surface area contributed by atoms with Gasteiger partial charge < -0.3 is 24.0 Å². The van der Waals surface area contributed by atoms with Gasteiger partial charge in [-0.25, -0.2) is 0 Å². The van der Waals surface area contributed by atoms with Crippen molar-refractivity contribution in [3.05, 3.63) is 59.8 Å². The fourth-order valence-electron chi connectivity index (χ4n) is 4.59. The number of aromatic nitrogens is 1. The second kappa shape index (κ2) is 5.93. The van der Waals surface area contributed by atoms with Gasteiger partial charge >= 0.3 is 5.92 Å². The van der Waals surface area contributed by atoms with Gasteiger partial charge in [-0.05, 0) is 24.3 Å². The van der Waals surface area contributed by atoms with Gasteiger partial charge in [0.1, 0.15) is 5.75 Å². The van der Waals surface area contributed by atoms with Crippen molar-refractivity contribution in [3.63, 3.8) is 0 Å². The number of benzene rings is 2. The summed E-state index contributed by atoms with van der Waals surface area (Å²) in [5, 5.41) is 10.1. The molecule has 1 saturated heterocycles. The Morgan fingerprint density at radius 3 is 2.79 bits per heavy atom. The van der Waals surface area contributed by atoms with Crippen LogP contribution in [0.4, 0.5) is 14.5 Å². The molecule has 2 aromatic carbocycles. The van der Waals surface area contributed by atoms with Gasteiger partial charge in [-0.15, -0.1) is 0 Å². The summed E-state index contributed by atoms with van der Waals surface area (Å²) < 4.78 is 44.8. The van der Waals surface area contributed by atoms with Crippen LogP contribution < -0.4 is 9.64 Å². The molecule has 28 heavy (non-hydrogen) atoms. The van der Waals surface area contributed by atoms with Crippen LogP contribution in [0.1, 0.15) is 11.1 Å². The normalized spacial score (nSPS) is 22.5. The van der Waals surface area contributed by atoms with Crippen LogP contribution in [0.2, 0.25) is 0 Å². The van der Waals surface area contributed by atoms with E-state index in [1.54, 1.807) is 53.1 Å². The van der Waals surface area contributed by atoms with Crippen LogP contribution in [-0.2, 0) is 22.9 Å². The first kappa shape index (κ1) is 17.5. The largest absolute Gasteiger partial charge is 0.497 e. The van der Waals surface area contributed by atoms with E-state index in [2.05, 4.69) is 0 Å². The van der Waals surface area contributed by atoms with Gasteiger partial charge in [0.2, 0.25) is 5.72 Å². The molecule has 0 amide bonds. The van der Waals surface area contributed by atoms with E-state index in [0.717, 1.165) is 5.52 Å². The average Bonchev–Trinajstić information content (AvgIpc) is 3.35. The molecule has 0 aliphatic carbocycles. The number of hydrogen-bond acceptors (Lipinski definition) is 4. The molecule has 1 fully saturated rings. The Balaban J connectivity index is 1.82. The van der Waals surface area contributed by atoms with Gasteiger partial charge in [0.15, 0.2) is 0 Å². The summed E-state index contributed by atoms with van der Waals surface area (Å²) in [7, 11) is 1.54. The van der Waals surface area contributed by atoms with Crippen LogP contribution in [-0.4, -0.2) is 36.5 Å². The number of anilines is 1. The van der Waals surface area contributed by atoms with E-state index in [1.165, 1.54) is 6.07 Å². The van der Waals surface area contributed by atoms with Crippen molar-refractivity contribution in [3.8, 4) is 5.75 Å². The Hall–Kier alpha value is -2.64. The third-order valence-corrected chi connectivity index (χ3v) is 5.76. The highest BCUT2D eigenvalue weighted by Gasteiger charge is 2.69. The second-order valence-electron chi connectivity index (χ2n) is 7.08. The van der Waals surface area contributed by atoms with Crippen molar-refractivity contribution >= 4 is 16.6 Å². The lowest BCUT2D eigenvalue weighted by molar-refractivity contribution is -0.189. The number of methoxy groups -OCH3 is 1. The van der Waals surface area contributed by atoms with Crippen LogP contribution in [0.5, 0.6) is 5.75 Å². The second-order valence-corrected chi connectivity index (χ2v) is 7.08. The molecule has 1 N–H and O–H groups in total. The number of nitrogens with zero attached hydrogens (tertiary/aromatic N) is 2. The van der Waals surface area contributed by atoms with E-state index in [9.17, 15) is 5.11 Å². The highest BCUT2D eigenvalue weighted by atomic mass is 19.3. The molecule has 0 bridgehead atoms. The molecule has 146 valence electrons. The van der Waals surface area contributed by atoms with Crippen LogP contribution in [0.3, 0.4) is 0 Å². The minimum Gasteiger partial charge on any atom is -0.497 e. The number of para-hydroxylation sites is 1. The molecular formula is C21H20F2N2O3. The van der Waals surface area contributed by atoms with Crippen molar-refractivity contribution < 1.29 is 23.4 Å². The zero-order valence-electron chi connectivity index (χ0n) is 15.4. The molecule has 1 aromatic heterocycles. The Kier molecular flexibility index (Phi) is 3.70. The predicted molar refractivity (Wildman–Crippen MR) is 101 cm³/mol. The number of alkyl halides is 2. The average molecular weight is 386 g/mol. The third kappa shape index (κ3) is 2.00. The molecular weight excluding hydrogens is 366 g/mol. The monoisotopic (exact) mass is 386 g/mol. The quantitative estimate of drug-likeness (QED) is 0.746. The molecule has 2 aliphatic heterocycles. The van der Waals surface area contributed by atoms with E-state index in [0.29, 0.717) is 35.5 Å². The maximum absolute atomic E-state index is 15.9. The Labute approximate surface area is 160 Å². The van der Waals surface area contributed by atoms with Crippen LogP contribution >= 0.6 is 0 Å². The van der Waals surface area contributed by atoms with E-state index in [4.69, 9.17) is 9.47 Å². The van der Waals surface area contributed by atoms with Crippen molar-refractivity contribution in [2.75, 3.05) is 31.8 Å². The number of rotatable bonds is 4. The maximum atomic E-state index is 15.9. The van der Waals surface area contributed by atoms with E-state index in [1.807, 2.05) is 6.07 Å². The van der Waals surface area contributed by atoms with Crippen LogP contribution in [0.25, 0.3) is 10.9 Å². The topological polar surface area (TPSA) is 46.9 Å². The number of ether oxygens (including phenoxy) is 2. The minimum absolute atomic E-state index is 0.0272. The molecule has 7 heteroatoms. The number of hydrogen-bond donors (Lipinski definition) is 1. The summed E-state index contributed by atoms with van der Waals surface area (Å²) >= 11 is 0. The van der Waals surface area contributed by atoms with E-state index in [-0.39, 0.29) is 18.8 Å². The van der Waals surface area contributed by atoms with Crippen molar-refractivity contribution in [1.82, 2.24) is 4.57 Å². The van der Waals surface area contributed by atoms with E-state index < -0.39 is 11.6 Å². The van der Waals surface area contributed by atoms with Crippen molar-refractivity contribution in [2.24, 2.45) is 0 Å². The van der Waals surface area contributed by atoms with E-state index >= 15 is 8.78 Å². The number of halogens is 2. The first-order chi connectivity index (χ1) is 13.5. The molecule has 1 atom stereocenters. The Morgan fingerprint density at radius 1 is 1.18 bits per heavy atom. The summed E-state index contributed by atoms with van der Waals surface area (Å²) in [5.74, 6) is -2.66. The number of aliphatic hydroxyl groups excluding tert-OH is 1. The minimum atomic E-state index is -3.23. The standard InChI is InChI=1S/C21H20F2N2O3/c1-27-14-6-7-18-15(12-14)17(13-24(18)8-10-26)21-20(22,23)16-4-2-3-5-19(16)25(21)9-11-28-21/h2-7,12-13,26H,8-11H2,1H3. The van der Waals surface area contributed by atoms with Crippen molar-refractivity contribution in [2.45, 2.75) is 18.2 Å². The van der Waals surface area contributed by atoms with Crippen LogP contribution in [0.15, 0.2) is 48.7 Å². The summed E-state index contributed by atoms with van der Waals surface area (Å²) in [6, 6.07) is 11.9. The Morgan fingerprint density at radius 2 is 2.00 bits per heavy atom. The lowest BCUT2D eigenvalue weighted by Crippen LogP contribution is -2.48. The summed E-state index contributed by atoms with van der Waals surface area (Å²) in [5.41, 5.74) is -0.311. The molecule has 0 saturated carbocycles. The summed E-state index contributed by atoms with van der Waals surface area (Å²) in [6.07, 6.45) is 1.68. The smallest absolute Gasteiger partial charge is 0.326 e. The fraction of sp³-hybridized carbons (Fsp3) is 0.333.